The fourth-order valence-electron chi connectivity index (χ4n) is 3.27. The molecule has 0 spiro atoms. The first kappa shape index (κ1) is 22.0. The predicted molar refractivity (Wildman–Crippen MR) is 114 cm³/mol. The summed E-state index contributed by atoms with van der Waals surface area (Å²) in [6.45, 7) is 15.9. The molecule has 1 amide bonds. The van der Waals surface area contributed by atoms with Crippen molar-refractivity contribution in [3.8, 4) is 0 Å². The predicted octanol–water partition coefficient (Wildman–Crippen LogP) is 4.28. The molecule has 1 fully saturated rings. The number of carbonyl (C=O) groups is 1. The molecule has 1 aliphatic rings. The van der Waals surface area contributed by atoms with E-state index in [1.807, 2.05) is 13.0 Å². The van der Waals surface area contributed by atoms with Gasteiger partial charge in [0.15, 0.2) is 0 Å². The first-order valence-electron chi connectivity index (χ1n) is 10.00. The number of nitrogens with one attached hydrogen (secondary N) is 1. The number of hydrogen-bond donors (Lipinski definition) is 1. The second kappa shape index (κ2) is 9.78. The van der Waals surface area contributed by atoms with Crippen molar-refractivity contribution in [2.75, 3.05) is 37.0 Å². The Morgan fingerprint density at radius 1 is 1.44 bits per heavy atom. The molecule has 0 bridgehead atoms. The van der Waals surface area contributed by atoms with Gasteiger partial charge in [0.25, 0.3) is 5.91 Å². The lowest BCUT2D eigenvalue weighted by molar-refractivity contribution is 0.0945. The summed E-state index contributed by atoms with van der Waals surface area (Å²) in [5, 5.41) is 3.93. The Bertz CT molecular complexity index is 643. The van der Waals surface area contributed by atoms with Crippen LogP contribution in [0.3, 0.4) is 0 Å². The normalized spacial score (nSPS) is 17.9. The van der Waals surface area contributed by atoms with Crippen LogP contribution in [0.2, 0.25) is 0 Å². The average Bonchev–Trinajstić information content (AvgIpc) is 2.58. The van der Waals surface area contributed by atoms with Crippen LogP contribution in [0.4, 0.5) is 5.82 Å². The van der Waals surface area contributed by atoms with Gasteiger partial charge in [0, 0.05) is 13.1 Å². The molecule has 2 heterocycles. The summed E-state index contributed by atoms with van der Waals surface area (Å²) in [4.78, 5) is 20.0. The second-order valence-electron chi connectivity index (χ2n) is 8.45. The number of aryl methyl sites for hydroxylation is 1. The number of pyridine rings is 1. The van der Waals surface area contributed by atoms with E-state index in [9.17, 15) is 4.79 Å². The van der Waals surface area contributed by atoms with E-state index in [2.05, 4.69) is 44.8 Å². The van der Waals surface area contributed by atoms with Crippen LogP contribution in [0.5, 0.6) is 0 Å². The fraction of sp³-hybridized carbons (Fsp3) is 0.714. The van der Waals surface area contributed by atoms with Gasteiger partial charge in [-0.05, 0) is 49.5 Å². The number of amides is 1. The summed E-state index contributed by atoms with van der Waals surface area (Å²) in [5.41, 5.74) is 2.01. The van der Waals surface area contributed by atoms with Crippen LogP contribution in [0, 0.1) is 12.3 Å². The molecule has 6 heteroatoms. The Balaban J connectivity index is 2.16. The van der Waals surface area contributed by atoms with Crippen LogP contribution in [0.15, 0.2) is 11.1 Å². The van der Waals surface area contributed by atoms with Crippen LogP contribution < -0.4 is 10.2 Å². The lowest BCUT2D eigenvalue weighted by atomic mass is 9.91. The van der Waals surface area contributed by atoms with Crippen molar-refractivity contribution in [3.63, 3.8) is 0 Å². The monoisotopic (exact) mass is 393 g/mol. The molecule has 27 heavy (non-hydrogen) atoms. The third kappa shape index (κ3) is 6.39. The highest BCUT2D eigenvalue weighted by atomic mass is 32.2. The SMILES string of the molecule is CCSc1nc(N2CCOC[C@H]2C)cc(C)c1C(=O)NCCCC(C)(C)C. The molecule has 0 saturated carbocycles. The Hall–Kier alpha value is -1.27. The topological polar surface area (TPSA) is 54.5 Å². The molecule has 1 N–H and O–H groups in total. The Kier molecular flexibility index (Phi) is 7.98. The maximum Gasteiger partial charge on any atom is 0.254 e. The number of morpholine rings is 1. The van der Waals surface area contributed by atoms with Gasteiger partial charge < -0.3 is 15.0 Å². The molecule has 152 valence electrons. The van der Waals surface area contributed by atoms with Crippen LogP contribution in [0.25, 0.3) is 0 Å². The number of thioether (sulfide) groups is 1. The van der Waals surface area contributed by atoms with Gasteiger partial charge >= 0.3 is 0 Å². The standard InChI is InChI=1S/C21H35N3O2S/c1-7-27-20-18(19(25)22-10-8-9-21(4,5)6)15(2)13-17(23-20)24-11-12-26-14-16(24)3/h13,16H,7-12,14H2,1-6H3,(H,22,25)/t16-/m1/s1. The molecule has 2 rings (SSSR count). The first-order chi connectivity index (χ1) is 12.7. The summed E-state index contributed by atoms with van der Waals surface area (Å²) in [6, 6.07) is 2.34. The molecule has 0 unspecified atom stereocenters. The zero-order chi connectivity index (χ0) is 20.0. The second-order valence-corrected chi connectivity index (χ2v) is 9.70. The van der Waals surface area contributed by atoms with Gasteiger partial charge in [0.05, 0.1) is 24.8 Å². The fourth-order valence-corrected chi connectivity index (χ4v) is 4.10. The first-order valence-corrected chi connectivity index (χ1v) is 11.0. The van der Waals surface area contributed by atoms with Crippen LogP contribution in [0.1, 0.15) is 63.4 Å². The highest BCUT2D eigenvalue weighted by molar-refractivity contribution is 7.99. The van der Waals surface area contributed by atoms with Crippen molar-refractivity contribution in [3.05, 3.63) is 17.2 Å². The summed E-state index contributed by atoms with van der Waals surface area (Å²) >= 11 is 1.64. The van der Waals surface area contributed by atoms with Gasteiger partial charge in [-0.2, -0.15) is 0 Å². The Morgan fingerprint density at radius 2 is 2.19 bits per heavy atom. The van der Waals surface area contributed by atoms with Crippen molar-refractivity contribution < 1.29 is 9.53 Å². The minimum atomic E-state index is -0.00793. The minimum Gasteiger partial charge on any atom is -0.377 e. The third-order valence-corrected chi connectivity index (χ3v) is 5.59. The lowest BCUT2D eigenvalue weighted by Gasteiger charge is -2.34. The lowest BCUT2D eigenvalue weighted by Crippen LogP contribution is -2.44. The molecule has 1 aromatic heterocycles. The van der Waals surface area contributed by atoms with Gasteiger partial charge in [-0.25, -0.2) is 4.98 Å². The zero-order valence-corrected chi connectivity index (χ0v) is 18.5. The number of rotatable bonds is 7. The van der Waals surface area contributed by atoms with Gasteiger partial charge in [-0.15, -0.1) is 11.8 Å². The van der Waals surface area contributed by atoms with Crippen molar-refractivity contribution >= 4 is 23.5 Å². The van der Waals surface area contributed by atoms with Gasteiger partial charge in [-0.3, -0.25) is 4.79 Å². The molecule has 5 nitrogen and oxygen atoms in total. The van der Waals surface area contributed by atoms with Crippen molar-refractivity contribution in [1.82, 2.24) is 10.3 Å². The van der Waals surface area contributed by atoms with Crippen molar-refractivity contribution in [2.45, 2.75) is 65.5 Å². The number of ether oxygens (including phenoxy) is 1. The van der Waals surface area contributed by atoms with Gasteiger partial charge in [-0.1, -0.05) is 27.7 Å². The Labute approximate surface area is 168 Å². The van der Waals surface area contributed by atoms with E-state index >= 15 is 0 Å². The maximum atomic E-state index is 12.8. The Morgan fingerprint density at radius 3 is 2.81 bits per heavy atom. The molecule has 0 aromatic carbocycles. The van der Waals surface area contributed by atoms with Gasteiger partial charge in [0.2, 0.25) is 0 Å². The molecule has 1 atom stereocenters. The summed E-state index contributed by atoms with van der Waals surface area (Å²) in [5.74, 6) is 1.83. The quantitative estimate of drug-likeness (QED) is 0.553. The molecule has 1 aliphatic heterocycles. The van der Waals surface area contributed by atoms with Crippen LogP contribution in [-0.4, -0.2) is 49.0 Å². The highest BCUT2D eigenvalue weighted by Gasteiger charge is 2.24. The molecular weight excluding hydrogens is 358 g/mol. The highest BCUT2D eigenvalue weighted by Crippen LogP contribution is 2.29. The molecule has 1 saturated heterocycles. The van der Waals surface area contributed by atoms with Crippen LogP contribution in [-0.2, 0) is 4.74 Å². The van der Waals surface area contributed by atoms with E-state index in [0.29, 0.717) is 24.6 Å². The largest absolute Gasteiger partial charge is 0.377 e. The van der Waals surface area contributed by atoms with E-state index in [-0.39, 0.29) is 5.91 Å². The van der Waals surface area contributed by atoms with E-state index in [1.54, 1.807) is 11.8 Å². The summed E-state index contributed by atoms with van der Waals surface area (Å²) in [7, 11) is 0. The van der Waals surface area contributed by atoms with Gasteiger partial charge in [0.1, 0.15) is 10.8 Å². The number of hydrogen-bond acceptors (Lipinski definition) is 5. The summed E-state index contributed by atoms with van der Waals surface area (Å²) in [6.07, 6.45) is 2.08. The number of anilines is 1. The van der Waals surface area contributed by atoms with Crippen molar-refractivity contribution in [1.29, 1.82) is 0 Å². The smallest absolute Gasteiger partial charge is 0.254 e. The van der Waals surface area contributed by atoms with E-state index in [1.165, 1.54) is 0 Å². The van der Waals surface area contributed by atoms with Crippen LogP contribution >= 0.6 is 11.8 Å². The zero-order valence-electron chi connectivity index (χ0n) is 17.7. The maximum absolute atomic E-state index is 12.8. The molecule has 1 aromatic rings. The van der Waals surface area contributed by atoms with E-state index in [4.69, 9.17) is 9.72 Å². The number of nitrogens with zero attached hydrogens (tertiary/aromatic N) is 2. The third-order valence-electron chi connectivity index (χ3n) is 4.73. The molecule has 0 radical (unpaired) electrons. The molecular formula is C21H35N3O2S. The minimum absolute atomic E-state index is 0.00793. The summed E-state index contributed by atoms with van der Waals surface area (Å²) < 4.78 is 5.54. The average molecular weight is 394 g/mol. The van der Waals surface area contributed by atoms with E-state index < -0.39 is 0 Å². The number of aromatic nitrogens is 1. The van der Waals surface area contributed by atoms with E-state index in [0.717, 1.165) is 53.7 Å². The molecule has 0 aliphatic carbocycles. The van der Waals surface area contributed by atoms with Crippen molar-refractivity contribution in [2.24, 2.45) is 5.41 Å². The number of carbonyl (C=O) groups excluding carboxylic acids is 1.